The minimum Gasteiger partial charge on any atom is -0.497 e. The number of methoxy groups -OCH3 is 1. The van der Waals surface area contributed by atoms with Crippen LogP contribution in [0.3, 0.4) is 0 Å². The Hall–Kier alpha value is -4.79. The number of rotatable bonds is 11. The van der Waals surface area contributed by atoms with Gasteiger partial charge in [-0.25, -0.2) is 14.6 Å². The van der Waals surface area contributed by atoms with Crippen LogP contribution in [0.1, 0.15) is 36.9 Å². The summed E-state index contributed by atoms with van der Waals surface area (Å²) in [5, 5.41) is 9.65. The van der Waals surface area contributed by atoms with Crippen LogP contribution in [0.5, 0.6) is 17.2 Å². The third-order valence-electron chi connectivity index (χ3n) is 6.55. The first-order valence-electron chi connectivity index (χ1n) is 12.9. The average Bonchev–Trinajstić information content (AvgIpc) is 3.34. The van der Waals surface area contributed by atoms with Crippen LogP contribution in [0.4, 0.5) is 4.79 Å². The highest BCUT2D eigenvalue weighted by Crippen LogP contribution is 2.27. The van der Waals surface area contributed by atoms with E-state index in [1.165, 1.54) is 18.9 Å². The SMILES string of the molecule is COc1ccc(OC(=O)N(C(C)C(=O)O)C(C)c2ccc(OCCc3nc(-c4ccccc4)oc3C)cc2)cc1. The lowest BCUT2D eigenvalue weighted by Gasteiger charge is -2.31. The zero-order chi connectivity index (χ0) is 28.6. The zero-order valence-electron chi connectivity index (χ0n) is 22.9. The van der Waals surface area contributed by atoms with Gasteiger partial charge in [0.15, 0.2) is 0 Å². The molecule has 0 aliphatic rings. The van der Waals surface area contributed by atoms with Gasteiger partial charge in [-0.15, -0.1) is 0 Å². The molecule has 0 aliphatic heterocycles. The van der Waals surface area contributed by atoms with E-state index in [0.29, 0.717) is 30.4 Å². The minimum atomic E-state index is -1.14. The maximum Gasteiger partial charge on any atom is 0.416 e. The molecule has 0 aliphatic carbocycles. The number of oxazole rings is 1. The van der Waals surface area contributed by atoms with Crippen molar-refractivity contribution in [2.75, 3.05) is 13.7 Å². The maximum absolute atomic E-state index is 13.1. The number of nitrogens with zero attached hydrogens (tertiary/aromatic N) is 2. The molecule has 2 atom stereocenters. The van der Waals surface area contributed by atoms with Crippen LogP contribution in [0.15, 0.2) is 83.3 Å². The predicted octanol–water partition coefficient (Wildman–Crippen LogP) is 6.32. The van der Waals surface area contributed by atoms with Crippen molar-refractivity contribution in [2.45, 2.75) is 39.3 Å². The molecular weight excluding hydrogens is 512 g/mol. The molecule has 208 valence electrons. The molecule has 2 unspecified atom stereocenters. The molecule has 40 heavy (non-hydrogen) atoms. The van der Waals surface area contributed by atoms with Crippen molar-refractivity contribution in [3.8, 4) is 28.7 Å². The van der Waals surface area contributed by atoms with E-state index in [9.17, 15) is 14.7 Å². The van der Waals surface area contributed by atoms with Crippen LogP contribution in [0, 0.1) is 6.92 Å². The summed E-state index contributed by atoms with van der Waals surface area (Å²) in [7, 11) is 1.54. The second-order valence-electron chi connectivity index (χ2n) is 9.20. The number of ether oxygens (including phenoxy) is 3. The first-order valence-corrected chi connectivity index (χ1v) is 12.9. The summed E-state index contributed by atoms with van der Waals surface area (Å²) in [6.45, 7) is 5.48. The normalized spacial score (nSPS) is 12.3. The Kier molecular flexibility index (Phi) is 9.06. The average molecular weight is 545 g/mol. The molecule has 0 spiro atoms. The van der Waals surface area contributed by atoms with Crippen molar-refractivity contribution in [3.63, 3.8) is 0 Å². The zero-order valence-corrected chi connectivity index (χ0v) is 22.9. The molecule has 9 nitrogen and oxygen atoms in total. The lowest BCUT2D eigenvalue weighted by Crippen LogP contribution is -2.46. The molecule has 3 aromatic carbocycles. The number of carbonyl (C=O) groups excluding carboxylic acids is 1. The highest BCUT2D eigenvalue weighted by Gasteiger charge is 2.32. The van der Waals surface area contributed by atoms with Crippen molar-refractivity contribution in [3.05, 3.63) is 95.9 Å². The quantitative estimate of drug-likeness (QED) is 0.234. The molecule has 0 bridgehead atoms. The fraction of sp³-hybridized carbons (Fsp3) is 0.258. The molecule has 9 heteroatoms. The van der Waals surface area contributed by atoms with E-state index in [2.05, 4.69) is 4.98 Å². The number of carboxylic acids is 1. The van der Waals surface area contributed by atoms with Gasteiger partial charge in [-0.1, -0.05) is 30.3 Å². The summed E-state index contributed by atoms with van der Waals surface area (Å²) in [5.41, 5.74) is 2.48. The Morgan fingerprint density at radius 3 is 2.17 bits per heavy atom. The van der Waals surface area contributed by atoms with Crippen LogP contribution in [-0.4, -0.2) is 46.8 Å². The van der Waals surface area contributed by atoms with E-state index in [-0.39, 0.29) is 5.75 Å². The van der Waals surface area contributed by atoms with Gasteiger partial charge in [0.1, 0.15) is 29.1 Å². The van der Waals surface area contributed by atoms with E-state index in [0.717, 1.165) is 22.6 Å². The van der Waals surface area contributed by atoms with Gasteiger partial charge >= 0.3 is 12.1 Å². The second kappa shape index (κ2) is 12.8. The van der Waals surface area contributed by atoms with Crippen LogP contribution in [0.2, 0.25) is 0 Å². The third-order valence-corrected chi connectivity index (χ3v) is 6.55. The number of carboxylic acid groups (broad SMARTS) is 1. The Morgan fingerprint density at radius 2 is 1.55 bits per heavy atom. The molecular formula is C31H32N2O7. The number of hydrogen-bond donors (Lipinski definition) is 1. The van der Waals surface area contributed by atoms with Gasteiger partial charge in [-0.3, -0.25) is 4.90 Å². The molecule has 4 aromatic rings. The number of aliphatic carboxylic acids is 1. The van der Waals surface area contributed by atoms with Gasteiger partial charge < -0.3 is 23.7 Å². The van der Waals surface area contributed by atoms with Crippen LogP contribution >= 0.6 is 0 Å². The Labute approximate surface area is 232 Å². The Morgan fingerprint density at radius 1 is 0.925 bits per heavy atom. The summed E-state index contributed by atoms with van der Waals surface area (Å²) >= 11 is 0. The van der Waals surface area contributed by atoms with Gasteiger partial charge in [0.25, 0.3) is 0 Å². The van der Waals surface area contributed by atoms with Crippen LogP contribution in [0.25, 0.3) is 11.5 Å². The third kappa shape index (κ3) is 6.79. The van der Waals surface area contributed by atoms with E-state index >= 15 is 0 Å². The summed E-state index contributed by atoms with van der Waals surface area (Å²) in [5.74, 6) is 1.72. The van der Waals surface area contributed by atoms with E-state index in [1.807, 2.05) is 37.3 Å². The maximum atomic E-state index is 13.1. The summed E-state index contributed by atoms with van der Waals surface area (Å²) in [6.07, 6.45) is -0.202. The standard InChI is InChI=1S/C31H32N2O7/c1-20(33(21(2)30(34)35)31(36)40-27-16-14-25(37-4)15-17-27)23-10-12-26(13-11-23)38-19-18-28-22(3)39-29(32-28)24-8-6-5-7-9-24/h5-17,20-21H,18-19H2,1-4H3,(H,34,35). The Balaban J connectivity index is 1.39. The first kappa shape index (κ1) is 28.2. The van der Waals surface area contributed by atoms with Crippen LogP contribution in [-0.2, 0) is 11.2 Å². The van der Waals surface area contributed by atoms with Gasteiger partial charge in [-0.05, 0) is 74.9 Å². The number of aromatic nitrogens is 1. The van der Waals surface area contributed by atoms with E-state index in [4.69, 9.17) is 18.6 Å². The summed E-state index contributed by atoms with van der Waals surface area (Å²) in [6, 6.07) is 21.7. The van der Waals surface area contributed by atoms with Crippen molar-refractivity contribution in [1.29, 1.82) is 0 Å². The monoisotopic (exact) mass is 544 g/mol. The fourth-order valence-electron chi connectivity index (χ4n) is 4.20. The second-order valence-corrected chi connectivity index (χ2v) is 9.20. The number of aryl methyl sites for hydroxylation is 1. The topological polar surface area (TPSA) is 111 Å². The molecule has 0 saturated heterocycles. The van der Waals surface area contributed by atoms with Gasteiger partial charge in [0.05, 0.1) is 25.5 Å². The van der Waals surface area contributed by atoms with Gasteiger partial charge in [-0.2, -0.15) is 0 Å². The number of amides is 1. The number of benzene rings is 3. The largest absolute Gasteiger partial charge is 0.497 e. The van der Waals surface area contributed by atoms with Crippen LogP contribution < -0.4 is 14.2 Å². The molecule has 4 rings (SSSR count). The van der Waals surface area contributed by atoms with Crippen molar-refractivity contribution in [2.24, 2.45) is 0 Å². The van der Waals surface area contributed by atoms with Crippen molar-refractivity contribution in [1.82, 2.24) is 9.88 Å². The van der Waals surface area contributed by atoms with Gasteiger partial charge in [0.2, 0.25) is 5.89 Å². The lowest BCUT2D eigenvalue weighted by atomic mass is 10.1. The van der Waals surface area contributed by atoms with E-state index in [1.54, 1.807) is 55.5 Å². The smallest absolute Gasteiger partial charge is 0.416 e. The van der Waals surface area contributed by atoms with Crippen molar-refractivity contribution >= 4 is 12.1 Å². The molecule has 0 radical (unpaired) electrons. The highest BCUT2D eigenvalue weighted by atomic mass is 16.6. The highest BCUT2D eigenvalue weighted by molar-refractivity contribution is 5.81. The lowest BCUT2D eigenvalue weighted by molar-refractivity contribution is -0.142. The summed E-state index contributed by atoms with van der Waals surface area (Å²) < 4.78 is 22.3. The molecule has 1 aromatic heterocycles. The van der Waals surface area contributed by atoms with Gasteiger partial charge in [0, 0.05) is 12.0 Å². The predicted molar refractivity (Wildman–Crippen MR) is 149 cm³/mol. The summed E-state index contributed by atoms with van der Waals surface area (Å²) in [4.78, 5) is 30.7. The fourth-order valence-corrected chi connectivity index (χ4v) is 4.20. The first-order chi connectivity index (χ1) is 19.3. The number of carbonyl (C=O) groups is 2. The van der Waals surface area contributed by atoms with E-state index < -0.39 is 24.1 Å². The molecule has 1 N–H and O–H groups in total. The molecule has 0 saturated carbocycles. The number of hydrogen-bond acceptors (Lipinski definition) is 7. The Bertz CT molecular complexity index is 1420. The minimum absolute atomic E-state index is 0.280. The van der Waals surface area contributed by atoms with Crippen molar-refractivity contribution < 1.29 is 33.3 Å². The molecule has 0 fully saturated rings. The molecule has 1 amide bonds. The molecule has 1 heterocycles.